The van der Waals surface area contributed by atoms with E-state index in [9.17, 15) is 19.2 Å². The molecule has 0 aromatic heterocycles. The fourth-order valence-electron chi connectivity index (χ4n) is 1.85. The Balaban J connectivity index is 5.94. The number of esters is 3. The van der Waals surface area contributed by atoms with Gasteiger partial charge in [-0.3, -0.25) is 14.4 Å². The summed E-state index contributed by atoms with van der Waals surface area (Å²) in [5.41, 5.74) is -2.05. The molecule has 0 aliphatic carbocycles. The molecule has 24 heavy (non-hydrogen) atoms. The minimum Gasteiger partial charge on any atom is -0.465 e. The van der Waals surface area contributed by atoms with Gasteiger partial charge in [-0.1, -0.05) is 13.8 Å². The van der Waals surface area contributed by atoms with E-state index in [0.29, 0.717) is 0 Å². The van der Waals surface area contributed by atoms with Gasteiger partial charge in [0, 0.05) is 5.92 Å². The van der Waals surface area contributed by atoms with Crippen molar-refractivity contribution in [1.82, 2.24) is 5.32 Å². The second-order valence-electron chi connectivity index (χ2n) is 5.49. The highest BCUT2D eigenvalue weighted by Gasteiger charge is 2.55. The molecule has 1 N–H and O–H groups in total. The van der Waals surface area contributed by atoms with Gasteiger partial charge in [0.2, 0.25) is 5.91 Å². The number of carbonyl (C=O) groups excluding carboxylic acids is 4. The summed E-state index contributed by atoms with van der Waals surface area (Å²) in [6, 6.07) is -1.55. The molecule has 0 rings (SSSR count). The Morgan fingerprint density at radius 1 is 0.875 bits per heavy atom. The van der Waals surface area contributed by atoms with Gasteiger partial charge in [-0.05, 0) is 27.7 Å². The van der Waals surface area contributed by atoms with Gasteiger partial charge in [-0.25, -0.2) is 4.79 Å². The summed E-state index contributed by atoms with van der Waals surface area (Å²) < 4.78 is 14.8. The van der Waals surface area contributed by atoms with Crippen LogP contribution in [0.4, 0.5) is 0 Å². The highest BCUT2D eigenvalue weighted by molar-refractivity contribution is 6.06. The second kappa shape index (κ2) is 9.89. The van der Waals surface area contributed by atoms with E-state index in [1.165, 1.54) is 6.92 Å². The summed E-state index contributed by atoms with van der Waals surface area (Å²) in [5.74, 6) is -3.81. The zero-order valence-electron chi connectivity index (χ0n) is 15.1. The Labute approximate surface area is 142 Å². The Morgan fingerprint density at radius 3 is 1.62 bits per heavy atom. The van der Waals surface area contributed by atoms with Gasteiger partial charge in [0.1, 0.15) is 0 Å². The molecule has 0 aromatic carbocycles. The molecule has 0 saturated heterocycles. The lowest BCUT2D eigenvalue weighted by Crippen LogP contribution is -2.60. The second-order valence-corrected chi connectivity index (χ2v) is 5.49. The third-order valence-electron chi connectivity index (χ3n) is 3.31. The van der Waals surface area contributed by atoms with E-state index in [4.69, 9.17) is 14.2 Å². The van der Waals surface area contributed by atoms with Crippen LogP contribution in [-0.4, -0.2) is 49.7 Å². The zero-order valence-corrected chi connectivity index (χ0v) is 15.1. The predicted octanol–water partition coefficient (Wildman–Crippen LogP) is 0.823. The van der Waals surface area contributed by atoms with Gasteiger partial charge in [-0.2, -0.15) is 0 Å². The number of hydrogen-bond donors (Lipinski definition) is 1. The Morgan fingerprint density at radius 2 is 1.29 bits per heavy atom. The average molecular weight is 345 g/mol. The summed E-state index contributed by atoms with van der Waals surface area (Å²) in [4.78, 5) is 49.2. The largest absolute Gasteiger partial charge is 0.465 e. The summed E-state index contributed by atoms with van der Waals surface area (Å²) in [6.07, 6.45) is 0. The lowest BCUT2D eigenvalue weighted by molar-refractivity contribution is -0.179. The molecule has 0 saturated carbocycles. The molecule has 0 spiro atoms. The lowest BCUT2D eigenvalue weighted by atomic mass is 9.81. The minimum atomic E-state index is -2.05. The maximum absolute atomic E-state index is 12.4. The molecule has 0 heterocycles. The van der Waals surface area contributed by atoms with Crippen molar-refractivity contribution < 1.29 is 33.4 Å². The summed E-state index contributed by atoms with van der Waals surface area (Å²) in [5, 5.41) is 2.41. The van der Waals surface area contributed by atoms with Crippen LogP contribution < -0.4 is 5.32 Å². The topological polar surface area (TPSA) is 108 Å². The highest BCUT2D eigenvalue weighted by atomic mass is 16.6. The quantitative estimate of drug-likeness (QED) is 0.374. The number of carbonyl (C=O) groups is 4. The summed E-state index contributed by atoms with van der Waals surface area (Å²) in [7, 11) is 0. The zero-order chi connectivity index (χ0) is 18.9. The van der Waals surface area contributed by atoms with E-state index < -0.39 is 41.2 Å². The smallest absolute Gasteiger partial charge is 0.330 e. The normalized spacial score (nSPS) is 12.3. The van der Waals surface area contributed by atoms with Crippen LogP contribution >= 0.6 is 0 Å². The SMILES string of the molecule is CCOC(=O)C(NC(=O)C(C)C)C(C)(C(=O)OCC)C(=O)OCC. The van der Waals surface area contributed by atoms with Gasteiger partial charge in [0.25, 0.3) is 0 Å². The van der Waals surface area contributed by atoms with E-state index in [2.05, 4.69) is 5.32 Å². The van der Waals surface area contributed by atoms with Crippen LogP contribution in [0.5, 0.6) is 0 Å². The summed E-state index contributed by atoms with van der Waals surface area (Å²) >= 11 is 0. The van der Waals surface area contributed by atoms with E-state index in [1.807, 2.05) is 0 Å². The molecule has 1 unspecified atom stereocenters. The third kappa shape index (κ3) is 5.21. The molecule has 138 valence electrons. The number of rotatable bonds is 9. The molecule has 0 aliphatic rings. The molecule has 0 radical (unpaired) electrons. The van der Waals surface area contributed by atoms with Crippen LogP contribution in [-0.2, 0) is 33.4 Å². The minimum absolute atomic E-state index is 0.00149. The fraction of sp³-hybridized carbons (Fsp3) is 0.750. The molecule has 0 fully saturated rings. The first-order chi connectivity index (χ1) is 11.2. The first-order valence-corrected chi connectivity index (χ1v) is 7.98. The Hall–Kier alpha value is -2.12. The maximum atomic E-state index is 12.4. The first-order valence-electron chi connectivity index (χ1n) is 7.98. The van der Waals surface area contributed by atoms with Crippen molar-refractivity contribution >= 4 is 23.8 Å². The van der Waals surface area contributed by atoms with E-state index in [1.54, 1.807) is 34.6 Å². The molecule has 0 aromatic rings. The van der Waals surface area contributed by atoms with Crippen molar-refractivity contribution in [3.05, 3.63) is 0 Å². The molecule has 0 aliphatic heterocycles. The lowest BCUT2D eigenvalue weighted by Gasteiger charge is -2.32. The Bertz CT molecular complexity index is 455. The fourth-order valence-corrected chi connectivity index (χ4v) is 1.85. The van der Waals surface area contributed by atoms with Gasteiger partial charge in [-0.15, -0.1) is 0 Å². The van der Waals surface area contributed by atoms with E-state index >= 15 is 0 Å². The van der Waals surface area contributed by atoms with Gasteiger partial charge in [0.05, 0.1) is 19.8 Å². The number of nitrogens with one attached hydrogen (secondary N) is 1. The molecular formula is C16H27NO7. The predicted molar refractivity (Wildman–Crippen MR) is 84.8 cm³/mol. The highest BCUT2D eigenvalue weighted by Crippen LogP contribution is 2.27. The molecule has 1 amide bonds. The molecule has 8 heteroatoms. The average Bonchev–Trinajstić information content (AvgIpc) is 2.51. The third-order valence-corrected chi connectivity index (χ3v) is 3.31. The maximum Gasteiger partial charge on any atom is 0.330 e. The van der Waals surface area contributed by atoms with Crippen molar-refractivity contribution in [3.8, 4) is 0 Å². The van der Waals surface area contributed by atoms with Crippen molar-refractivity contribution in [2.24, 2.45) is 11.3 Å². The number of hydrogen-bond acceptors (Lipinski definition) is 7. The van der Waals surface area contributed by atoms with Crippen molar-refractivity contribution in [2.75, 3.05) is 19.8 Å². The van der Waals surface area contributed by atoms with Crippen LogP contribution in [0, 0.1) is 11.3 Å². The van der Waals surface area contributed by atoms with E-state index in [-0.39, 0.29) is 19.8 Å². The van der Waals surface area contributed by atoms with Crippen LogP contribution in [0.2, 0.25) is 0 Å². The van der Waals surface area contributed by atoms with Crippen LogP contribution in [0.25, 0.3) is 0 Å². The monoisotopic (exact) mass is 345 g/mol. The van der Waals surface area contributed by atoms with Crippen molar-refractivity contribution in [3.63, 3.8) is 0 Å². The first kappa shape index (κ1) is 21.9. The number of amides is 1. The molecular weight excluding hydrogens is 318 g/mol. The van der Waals surface area contributed by atoms with E-state index in [0.717, 1.165) is 0 Å². The number of ether oxygens (including phenoxy) is 3. The molecule has 1 atom stereocenters. The summed E-state index contributed by atoms with van der Waals surface area (Å²) in [6.45, 7) is 9.16. The van der Waals surface area contributed by atoms with Crippen LogP contribution in [0.1, 0.15) is 41.5 Å². The Kier molecular flexibility index (Phi) is 9.02. The van der Waals surface area contributed by atoms with Gasteiger partial charge < -0.3 is 19.5 Å². The molecule has 8 nitrogen and oxygen atoms in total. The van der Waals surface area contributed by atoms with Gasteiger partial charge >= 0.3 is 17.9 Å². The van der Waals surface area contributed by atoms with Crippen LogP contribution in [0.15, 0.2) is 0 Å². The molecule has 0 bridgehead atoms. The van der Waals surface area contributed by atoms with Crippen molar-refractivity contribution in [1.29, 1.82) is 0 Å². The van der Waals surface area contributed by atoms with Crippen LogP contribution in [0.3, 0.4) is 0 Å². The van der Waals surface area contributed by atoms with Gasteiger partial charge in [0.15, 0.2) is 11.5 Å². The van der Waals surface area contributed by atoms with Crippen molar-refractivity contribution in [2.45, 2.75) is 47.6 Å². The standard InChI is InChI=1S/C16H27NO7/c1-7-22-13(19)11(17-12(18)10(4)5)16(6,14(20)23-8-2)15(21)24-9-3/h10-11H,7-9H2,1-6H3,(H,17,18).